The molecule has 3 nitrogen and oxygen atoms in total. The molecule has 0 bridgehead atoms. The minimum Gasteiger partial charge on any atom is -0.355 e. The van der Waals surface area contributed by atoms with E-state index in [-0.39, 0.29) is 5.91 Å². The van der Waals surface area contributed by atoms with Crippen molar-refractivity contribution in [2.24, 2.45) is 0 Å². The lowest BCUT2D eigenvalue weighted by Gasteiger charge is -2.02. The molecule has 0 radical (unpaired) electrons. The van der Waals surface area contributed by atoms with Crippen LogP contribution in [0.1, 0.15) is 4.88 Å². The first-order valence-corrected chi connectivity index (χ1v) is 6.27. The van der Waals surface area contributed by atoms with Crippen LogP contribution < -0.4 is 10.6 Å². The van der Waals surface area contributed by atoms with Crippen molar-refractivity contribution in [3.05, 3.63) is 19.9 Å². The van der Waals surface area contributed by atoms with Gasteiger partial charge in [0.25, 0.3) is 0 Å². The molecule has 0 aliphatic heterocycles. The van der Waals surface area contributed by atoms with Crippen molar-refractivity contribution < 1.29 is 4.79 Å². The molecule has 1 amide bonds. The van der Waals surface area contributed by atoms with Gasteiger partial charge in [0, 0.05) is 11.4 Å². The highest BCUT2D eigenvalue weighted by molar-refractivity contribution is 14.1. The molecule has 1 aromatic rings. The van der Waals surface area contributed by atoms with E-state index >= 15 is 0 Å². The molecule has 0 unspecified atom stereocenters. The Kier molecular flexibility index (Phi) is 5.42. The highest BCUT2D eigenvalue weighted by Gasteiger charge is 2.00. The van der Waals surface area contributed by atoms with Gasteiger partial charge in [-0.25, -0.2) is 0 Å². The summed E-state index contributed by atoms with van der Waals surface area (Å²) in [5.41, 5.74) is 0. The van der Waals surface area contributed by atoms with Crippen molar-refractivity contribution in [1.29, 1.82) is 0 Å². The molecule has 0 atom stereocenters. The van der Waals surface area contributed by atoms with E-state index in [9.17, 15) is 4.79 Å². The van der Waals surface area contributed by atoms with E-state index < -0.39 is 0 Å². The largest absolute Gasteiger partial charge is 0.355 e. The Bertz CT molecular complexity index is 301. The van der Waals surface area contributed by atoms with Gasteiger partial charge in [-0.15, -0.1) is 11.3 Å². The van der Waals surface area contributed by atoms with Gasteiger partial charge in [0.15, 0.2) is 0 Å². The molecule has 0 spiro atoms. The van der Waals surface area contributed by atoms with Crippen molar-refractivity contribution in [1.82, 2.24) is 10.6 Å². The van der Waals surface area contributed by atoms with Crippen LogP contribution in [0.3, 0.4) is 0 Å². The number of hydrogen-bond donors (Lipinski definition) is 2. The second-order valence-electron chi connectivity index (χ2n) is 2.84. The molecule has 2 N–H and O–H groups in total. The Hall–Kier alpha value is -0.140. The van der Waals surface area contributed by atoms with Gasteiger partial charge < -0.3 is 10.6 Å². The summed E-state index contributed by atoms with van der Waals surface area (Å²) in [6, 6.07) is 4.20. The molecule has 0 saturated carbocycles. The molecular weight excluding hydrogens is 311 g/mol. The maximum Gasteiger partial charge on any atom is 0.233 e. The van der Waals surface area contributed by atoms with Crippen molar-refractivity contribution in [2.75, 3.05) is 20.1 Å². The van der Waals surface area contributed by atoms with Gasteiger partial charge in [0.2, 0.25) is 5.91 Å². The maximum absolute atomic E-state index is 11.1. The van der Waals surface area contributed by atoms with Crippen LogP contribution in [-0.2, 0) is 11.2 Å². The van der Waals surface area contributed by atoms with E-state index in [4.69, 9.17) is 0 Å². The van der Waals surface area contributed by atoms with Gasteiger partial charge in [-0.05, 0) is 48.2 Å². The average molecular weight is 324 g/mol. The minimum absolute atomic E-state index is 0.0544. The van der Waals surface area contributed by atoms with Crippen LogP contribution in [0.25, 0.3) is 0 Å². The van der Waals surface area contributed by atoms with E-state index in [1.54, 1.807) is 18.4 Å². The number of likely N-dealkylation sites (N-methyl/N-ethyl adjacent to an activating group) is 1. The summed E-state index contributed by atoms with van der Waals surface area (Å²) in [5.74, 6) is 0.0544. The average Bonchev–Trinajstić information content (AvgIpc) is 2.52. The Morgan fingerprint density at radius 3 is 2.93 bits per heavy atom. The smallest absolute Gasteiger partial charge is 0.233 e. The standard InChI is InChI=1S/C9H13IN2OS/c1-11-6-9(13)12-5-4-7-2-3-8(10)14-7/h2-3,11H,4-6H2,1H3,(H,12,13). The van der Waals surface area contributed by atoms with Crippen LogP contribution in [0.15, 0.2) is 12.1 Å². The normalized spacial score (nSPS) is 10.1. The lowest BCUT2D eigenvalue weighted by molar-refractivity contribution is -0.120. The Balaban J connectivity index is 2.18. The fraction of sp³-hybridized carbons (Fsp3) is 0.444. The Labute approximate surface area is 101 Å². The van der Waals surface area contributed by atoms with E-state index in [2.05, 4.69) is 45.4 Å². The molecular formula is C9H13IN2OS. The number of amides is 1. The summed E-state index contributed by atoms with van der Waals surface area (Å²) in [7, 11) is 1.77. The summed E-state index contributed by atoms with van der Waals surface area (Å²) in [4.78, 5) is 12.4. The van der Waals surface area contributed by atoms with E-state index in [1.807, 2.05) is 0 Å². The lowest BCUT2D eigenvalue weighted by atomic mass is 10.3. The number of rotatable bonds is 5. The highest BCUT2D eigenvalue weighted by atomic mass is 127. The number of halogens is 1. The van der Waals surface area contributed by atoms with E-state index in [0.717, 1.165) is 13.0 Å². The van der Waals surface area contributed by atoms with Gasteiger partial charge in [0.05, 0.1) is 9.43 Å². The number of nitrogens with one attached hydrogen (secondary N) is 2. The van der Waals surface area contributed by atoms with Gasteiger partial charge in [0.1, 0.15) is 0 Å². The molecule has 1 heterocycles. The number of thiophene rings is 1. The number of carbonyl (C=O) groups is 1. The topological polar surface area (TPSA) is 41.1 Å². The zero-order valence-corrected chi connectivity index (χ0v) is 10.9. The summed E-state index contributed by atoms with van der Waals surface area (Å²) in [6.07, 6.45) is 0.920. The molecule has 14 heavy (non-hydrogen) atoms. The van der Waals surface area contributed by atoms with E-state index in [1.165, 1.54) is 7.76 Å². The predicted octanol–water partition coefficient (Wildman–Crippen LogP) is 1.23. The maximum atomic E-state index is 11.1. The van der Waals surface area contributed by atoms with Crippen LogP contribution in [0.5, 0.6) is 0 Å². The molecule has 0 aliphatic carbocycles. The third-order valence-corrected chi connectivity index (χ3v) is 3.61. The minimum atomic E-state index is 0.0544. The number of hydrogen-bond acceptors (Lipinski definition) is 3. The third kappa shape index (κ3) is 4.39. The second-order valence-corrected chi connectivity index (χ2v) is 5.90. The van der Waals surface area contributed by atoms with Crippen molar-refractivity contribution in [2.45, 2.75) is 6.42 Å². The molecule has 0 aromatic carbocycles. The summed E-state index contributed by atoms with van der Waals surface area (Å²) < 4.78 is 1.29. The second kappa shape index (κ2) is 6.36. The summed E-state index contributed by atoms with van der Waals surface area (Å²) in [5, 5.41) is 5.65. The van der Waals surface area contributed by atoms with Crippen molar-refractivity contribution in [3.63, 3.8) is 0 Å². The molecule has 5 heteroatoms. The summed E-state index contributed by atoms with van der Waals surface area (Å²) in [6.45, 7) is 1.11. The van der Waals surface area contributed by atoms with Gasteiger partial charge in [-0.1, -0.05) is 0 Å². The van der Waals surface area contributed by atoms with Crippen LogP contribution in [0.2, 0.25) is 0 Å². The van der Waals surface area contributed by atoms with Crippen LogP contribution in [0, 0.1) is 2.88 Å². The zero-order chi connectivity index (χ0) is 10.4. The van der Waals surface area contributed by atoms with Crippen LogP contribution in [0.4, 0.5) is 0 Å². The SMILES string of the molecule is CNCC(=O)NCCc1ccc(I)s1. The fourth-order valence-electron chi connectivity index (χ4n) is 1.03. The molecule has 1 aromatic heterocycles. The Morgan fingerprint density at radius 1 is 1.57 bits per heavy atom. The predicted molar refractivity (Wildman–Crippen MR) is 67.7 cm³/mol. The first-order chi connectivity index (χ1) is 6.72. The molecule has 0 aliphatic rings. The van der Waals surface area contributed by atoms with Gasteiger partial charge >= 0.3 is 0 Å². The molecule has 0 fully saturated rings. The van der Waals surface area contributed by atoms with Crippen LogP contribution in [-0.4, -0.2) is 26.0 Å². The molecule has 0 saturated heterocycles. The monoisotopic (exact) mass is 324 g/mol. The molecule has 78 valence electrons. The number of carbonyl (C=O) groups excluding carboxylic acids is 1. The lowest BCUT2D eigenvalue weighted by Crippen LogP contribution is -2.33. The Morgan fingerprint density at radius 2 is 2.36 bits per heavy atom. The van der Waals surface area contributed by atoms with Gasteiger partial charge in [-0.2, -0.15) is 0 Å². The van der Waals surface area contributed by atoms with Crippen molar-refractivity contribution in [3.8, 4) is 0 Å². The quantitative estimate of drug-likeness (QED) is 0.800. The third-order valence-electron chi connectivity index (χ3n) is 1.66. The van der Waals surface area contributed by atoms with Gasteiger partial charge in [-0.3, -0.25) is 4.79 Å². The molecule has 1 rings (SSSR count). The van der Waals surface area contributed by atoms with Crippen LogP contribution >= 0.6 is 33.9 Å². The highest BCUT2D eigenvalue weighted by Crippen LogP contribution is 2.18. The fourth-order valence-corrected chi connectivity index (χ4v) is 2.79. The van der Waals surface area contributed by atoms with Crippen molar-refractivity contribution >= 4 is 39.8 Å². The summed E-state index contributed by atoms with van der Waals surface area (Å²) >= 11 is 4.07. The first kappa shape index (κ1) is 11.9. The zero-order valence-electron chi connectivity index (χ0n) is 7.97. The first-order valence-electron chi connectivity index (χ1n) is 4.38. The van der Waals surface area contributed by atoms with E-state index in [0.29, 0.717) is 6.54 Å².